The molecule has 1 atom stereocenters. The maximum atomic E-state index is 12.5. The zero-order chi connectivity index (χ0) is 14.5. The van der Waals surface area contributed by atoms with Crippen molar-refractivity contribution in [3.63, 3.8) is 0 Å². The lowest BCUT2D eigenvalue weighted by molar-refractivity contribution is 0.0811. The molecule has 0 radical (unpaired) electrons. The average molecular weight is 281 g/mol. The number of hydrogen-bond acceptors (Lipinski definition) is 4. The summed E-state index contributed by atoms with van der Waals surface area (Å²) in [5.74, 6) is 0.238. The smallest absolute Gasteiger partial charge is 0.170 e. The molecule has 1 unspecified atom stereocenters. The number of carbonyl (C=O) groups is 1. The summed E-state index contributed by atoms with van der Waals surface area (Å²) >= 11 is 0. The van der Waals surface area contributed by atoms with Crippen LogP contribution in [-0.4, -0.2) is 33.7 Å². The van der Waals surface area contributed by atoms with Crippen molar-refractivity contribution in [1.82, 2.24) is 14.9 Å². The van der Waals surface area contributed by atoms with Crippen molar-refractivity contribution in [3.05, 3.63) is 60.2 Å². The van der Waals surface area contributed by atoms with Crippen molar-refractivity contribution in [3.8, 4) is 0 Å². The highest BCUT2D eigenvalue weighted by Crippen LogP contribution is 2.21. The number of rotatable bonds is 4. The van der Waals surface area contributed by atoms with Crippen molar-refractivity contribution in [1.29, 1.82) is 0 Å². The molecular formula is C17H19N3O. The topological polar surface area (TPSA) is 46.1 Å². The van der Waals surface area contributed by atoms with Gasteiger partial charge in [-0.2, -0.15) is 0 Å². The molecule has 1 aromatic carbocycles. The molecule has 2 heterocycles. The monoisotopic (exact) mass is 281 g/mol. The molecule has 0 amide bonds. The van der Waals surface area contributed by atoms with E-state index in [0.717, 1.165) is 32.5 Å². The molecule has 0 aliphatic carbocycles. The van der Waals surface area contributed by atoms with Crippen LogP contribution in [0.3, 0.4) is 0 Å². The second-order valence-electron chi connectivity index (χ2n) is 5.55. The Morgan fingerprint density at radius 1 is 1.19 bits per heavy atom. The van der Waals surface area contributed by atoms with Crippen LogP contribution < -0.4 is 0 Å². The molecular weight excluding hydrogens is 262 g/mol. The second-order valence-corrected chi connectivity index (χ2v) is 5.55. The molecule has 1 saturated heterocycles. The average Bonchev–Trinajstić information content (AvgIpc) is 2.56. The number of benzene rings is 1. The minimum Gasteiger partial charge on any atom is -0.298 e. The van der Waals surface area contributed by atoms with Crippen molar-refractivity contribution in [2.45, 2.75) is 19.4 Å². The maximum absolute atomic E-state index is 12.5. The van der Waals surface area contributed by atoms with Crippen LogP contribution in [0.2, 0.25) is 0 Å². The fourth-order valence-corrected chi connectivity index (χ4v) is 2.92. The quantitative estimate of drug-likeness (QED) is 0.808. The van der Waals surface area contributed by atoms with Crippen LogP contribution in [0.25, 0.3) is 0 Å². The number of nitrogens with zero attached hydrogens (tertiary/aromatic N) is 3. The van der Waals surface area contributed by atoms with E-state index in [4.69, 9.17) is 0 Å². The predicted octanol–water partition coefficient (Wildman–Crippen LogP) is 2.57. The molecule has 4 heteroatoms. The first-order valence-electron chi connectivity index (χ1n) is 7.38. The normalized spacial score (nSPS) is 19.3. The summed E-state index contributed by atoms with van der Waals surface area (Å²) < 4.78 is 0. The summed E-state index contributed by atoms with van der Waals surface area (Å²) in [5, 5.41) is 0. The zero-order valence-corrected chi connectivity index (χ0v) is 12.0. The highest BCUT2D eigenvalue weighted by Gasteiger charge is 2.26. The van der Waals surface area contributed by atoms with E-state index < -0.39 is 0 Å². The maximum Gasteiger partial charge on any atom is 0.170 e. The number of hydrogen-bond donors (Lipinski definition) is 0. The number of aromatic nitrogens is 2. The summed E-state index contributed by atoms with van der Waals surface area (Å²) in [6.45, 7) is 2.79. The molecule has 21 heavy (non-hydrogen) atoms. The Kier molecular flexibility index (Phi) is 4.36. The number of carbonyl (C=O) groups excluding carboxylic acids is 1. The van der Waals surface area contributed by atoms with Crippen LogP contribution in [0, 0.1) is 5.92 Å². The molecule has 0 saturated carbocycles. The third-order valence-electron chi connectivity index (χ3n) is 3.97. The van der Waals surface area contributed by atoms with Gasteiger partial charge in [0, 0.05) is 31.4 Å². The van der Waals surface area contributed by atoms with Gasteiger partial charge in [-0.15, -0.1) is 0 Å². The van der Waals surface area contributed by atoms with E-state index in [1.807, 2.05) is 6.07 Å². The lowest BCUT2D eigenvalue weighted by Crippen LogP contribution is -2.38. The van der Waals surface area contributed by atoms with Gasteiger partial charge in [0.05, 0.1) is 5.56 Å². The Bertz CT molecular complexity index is 585. The summed E-state index contributed by atoms with van der Waals surface area (Å²) in [6.07, 6.45) is 6.71. The number of Topliss-reactive ketones (excluding diaryl/α,β-unsaturated/α-hetero) is 1. The summed E-state index contributed by atoms with van der Waals surface area (Å²) in [5.41, 5.74) is 1.93. The van der Waals surface area contributed by atoms with Crippen LogP contribution in [-0.2, 0) is 6.54 Å². The number of ketones is 1. The van der Waals surface area contributed by atoms with E-state index in [9.17, 15) is 4.79 Å². The van der Waals surface area contributed by atoms with Crippen LogP contribution in [0.15, 0.2) is 49.1 Å². The first-order valence-corrected chi connectivity index (χ1v) is 7.38. The van der Waals surface area contributed by atoms with Gasteiger partial charge in [-0.25, -0.2) is 9.97 Å². The van der Waals surface area contributed by atoms with Crippen LogP contribution >= 0.6 is 0 Å². The summed E-state index contributed by atoms with van der Waals surface area (Å²) in [4.78, 5) is 22.7. The van der Waals surface area contributed by atoms with Crippen molar-refractivity contribution >= 4 is 5.78 Å². The summed E-state index contributed by atoms with van der Waals surface area (Å²) in [7, 11) is 0. The van der Waals surface area contributed by atoms with Crippen LogP contribution in [0.4, 0.5) is 0 Å². The third-order valence-corrected chi connectivity index (χ3v) is 3.97. The minimum absolute atomic E-state index is 0.0634. The van der Waals surface area contributed by atoms with E-state index in [2.05, 4.69) is 39.1 Å². The Morgan fingerprint density at radius 3 is 2.71 bits per heavy atom. The van der Waals surface area contributed by atoms with Gasteiger partial charge in [-0.3, -0.25) is 9.69 Å². The second kappa shape index (κ2) is 6.59. The van der Waals surface area contributed by atoms with Gasteiger partial charge in [-0.1, -0.05) is 30.3 Å². The Labute approximate surface area is 124 Å². The fraction of sp³-hybridized carbons (Fsp3) is 0.353. The van der Waals surface area contributed by atoms with Gasteiger partial charge in [0.1, 0.15) is 6.33 Å². The van der Waals surface area contributed by atoms with E-state index in [1.54, 1.807) is 12.4 Å². The standard InChI is InChI=1S/C17H19N3O/c21-17(16-9-18-13-19-10-16)15-7-4-8-20(12-15)11-14-5-2-1-3-6-14/h1-3,5-6,9-10,13,15H,4,7-8,11-12H2. The van der Waals surface area contributed by atoms with E-state index in [1.165, 1.54) is 11.9 Å². The first kappa shape index (κ1) is 13.9. The molecule has 0 bridgehead atoms. The lowest BCUT2D eigenvalue weighted by atomic mass is 9.91. The Balaban J connectivity index is 1.64. The van der Waals surface area contributed by atoms with Gasteiger partial charge >= 0.3 is 0 Å². The summed E-state index contributed by atoms with van der Waals surface area (Å²) in [6, 6.07) is 10.4. The Morgan fingerprint density at radius 2 is 1.95 bits per heavy atom. The highest BCUT2D eigenvalue weighted by molar-refractivity contribution is 5.97. The molecule has 1 aromatic heterocycles. The van der Waals surface area contributed by atoms with Crippen molar-refractivity contribution in [2.75, 3.05) is 13.1 Å². The van der Waals surface area contributed by atoms with Gasteiger partial charge < -0.3 is 0 Å². The molecule has 108 valence electrons. The van der Waals surface area contributed by atoms with Gasteiger partial charge in [0.25, 0.3) is 0 Å². The lowest BCUT2D eigenvalue weighted by Gasteiger charge is -2.31. The van der Waals surface area contributed by atoms with Crippen LogP contribution in [0.1, 0.15) is 28.8 Å². The zero-order valence-electron chi connectivity index (χ0n) is 12.0. The SMILES string of the molecule is O=C(c1cncnc1)C1CCCN(Cc2ccccc2)C1. The fourth-order valence-electron chi connectivity index (χ4n) is 2.92. The van der Waals surface area contributed by atoms with Gasteiger partial charge in [-0.05, 0) is 24.9 Å². The molecule has 1 fully saturated rings. The third kappa shape index (κ3) is 3.52. The van der Waals surface area contributed by atoms with Crippen molar-refractivity contribution < 1.29 is 4.79 Å². The molecule has 2 aromatic rings. The minimum atomic E-state index is 0.0634. The molecule has 0 N–H and O–H groups in total. The molecule has 3 rings (SSSR count). The molecule has 0 spiro atoms. The van der Waals surface area contributed by atoms with Gasteiger partial charge in [0.15, 0.2) is 5.78 Å². The predicted molar refractivity (Wildman–Crippen MR) is 80.8 cm³/mol. The highest BCUT2D eigenvalue weighted by atomic mass is 16.1. The van der Waals surface area contributed by atoms with Gasteiger partial charge in [0.2, 0.25) is 0 Å². The van der Waals surface area contributed by atoms with E-state index >= 15 is 0 Å². The Hall–Kier alpha value is -2.07. The molecule has 1 aliphatic rings. The number of piperidine rings is 1. The van der Waals surface area contributed by atoms with Crippen molar-refractivity contribution in [2.24, 2.45) is 5.92 Å². The molecule has 1 aliphatic heterocycles. The molecule has 4 nitrogen and oxygen atoms in total. The van der Waals surface area contributed by atoms with Crippen LogP contribution in [0.5, 0.6) is 0 Å². The largest absolute Gasteiger partial charge is 0.298 e. The van der Waals surface area contributed by atoms with E-state index in [0.29, 0.717) is 5.56 Å². The first-order chi connectivity index (χ1) is 10.3. The number of likely N-dealkylation sites (tertiary alicyclic amines) is 1. The van der Waals surface area contributed by atoms with E-state index in [-0.39, 0.29) is 11.7 Å².